The van der Waals surface area contributed by atoms with Gasteiger partial charge in [0.25, 0.3) is 0 Å². The van der Waals surface area contributed by atoms with Crippen molar-refractivity contribution in [1.82, 2.24) is 5.32 Å². The second kappa shape index (κ2) is 7.32. The number of methoxy groups -OCH3 is 1. The number of benzene rings is 1. The fraction of sp³-hybridized carbons (Fsp3) is 0.647. The zero-order valence-corrected chi connectivity index (χ0v) is 14.6. The normalized spacial score (nSPS) is 27.6. The molecule has 1 atom stereocenters. The first kappa shape index (κ1) is 17.1. The van der Waals surface area contributed by atoms with Crippen molar-refractivity contribution in [2.75, 3.05) is 14.2 Å². The van der Waals surface area contributed by atoms with Crippen molar-refractivity contribution in [2.24, 2.45) is 5.92 Å². The maximum absolute atomic E-state index is 6.32. The van der Waals surface area contributed by atoms with E-state index in [-0.39, 0.29) is 11.6 Å². The quantitative estimate of drug-likeness (QED) is 0.843. The standard InChI is InChI=1S/C17H25Cl2NO/c1-12-6-8-17(21-3,9-7-12)16(20-2)11-13-10-14(18)4-5-15(13)19/h4-5,10,12,16,20H,6-9,11H2,1-3H3. The van der Waals surface area contributed by atoms with Gasteiger partial charge in [0.2, 0.25) is 0 Å². The molecule has 1 fully saturated rings. The van der Waals surface area contributed by atoms with E-state index in [0.717, 1.165) is 40.8 Å². The molecule has 0 amide bonds. The van der Waals surface area contributed by atoms with Gasteiger partial charge in [-0.25, -0.2) is 0 Å². The Labute approximate surface area is 138 Å². The Hall–Kier alpha value is -0.280. The van der Waals surface area contributed by atoms with Gasteiger partial charge in [0.1, 0.15) is 0 Å². The minimum absolute atomic E-state index is 0.104. The summed E-state index contributed by atoms with van der Waals surface area (Å²) in [4.78, 5) is 0. The summed E-state index contributed by atoms with van der Waals surface area (Å²) in [6.07, 6.45) is 5.45. The maximum atomic E-state index is 6.32. The average Bonchev–Trinajstić information content (AvgIpc) is 2.49. The summed E-state index contributed by atoms with van der Waals surface area (Å²) < 4.78 is 5.98. The molecule has 1 aliphatic rings. The predicted molar refractivity (Wildman–Crippen MR) is 90.4 cm³/mol. The number of likely N-dealkylation sites (N-methyl/N-ethyl adjacent to an activating group) is 1. The first-order valence-corrected chi connectivity index (χ1v) is 8.42. The van der Waals surface area contributed by atoms with E-state index < -0.39 is 0 Å². The van der Waals surface area contributed by atoms with Gasteiger partial charge >= 0.3 is 0 Å². The highest BCUT2D eigenvalue weighted by Crippen LogP contribution is 2.38. The number of ether oxygens (including phenoxy) is 1. The third kappa shape index (κ3) is 3.92. The Morgan fingerprint density at radius 1 is 1.33 bits per heavy atom. The molecular formula is C17H25Cl2NO. The molecule has 1 aliphatic carbocycles. The van der Waals surface area contributed by atoms with Crippen molar-refractivity contribution in [3.63, 3.8) is 0 Å². The molecule has 21 heavy (non-hydrogen) atoms. The lowest BCUT2D eigenvalue weighted by atomic mass is 9.74. The molecule has 0 heterocycles. The van der Waals surface area contributed by atoms with Gasteiger partial charge in [-0.3, -0.25) is 0 Å². The van der Waals surface area contributed by atoms with Crippen LogP contribution in [0.4, 0.5) is 0 Å². The highest BCUT2D eigenvalue weighted by molar-refractivity contribution is 6.33. The minimum atomic E-state index is -0.104. The van der Waals surface area contributed by atoms with Crippen LogP contribution in [0.25, 0.3) is 0 Å². The van der Waals surface area contributed by atoms with Crippen molar-refractivity contribution in [3.05, 3.63) is 33.8 Å². The number of rotatable bonds is 5. The van der Waals surface area contributed by atoms with E-state index in [2.05, 4.69) is 12.2 Å². The number of halogens is 2. The molecule has 2 rings (SSSR count). The number of hydrogen-bond donors (Lipinski definition) is 1. The molecule has 0 radical (unpaired) electrons. The second-order valence-electron chi connectivity index (χ2n) is 6.23. The largest absolute Gasteiger partial charge is 0.377 e. The molecule has 0 aliphatic heterocycles. The first-order valence-electron chi connectivity index (χ1n) is 7.67. The highest BCUT2D eigenvalue weighted by atomic mass is 35.5. The Morgan fingerprint density at radius 2 is 2.00 bits per heavy atom. The Bertz CT molecular complexity index is 470. The van der Waals surface area contributed by atoms with Gasteiger partial charge in [-0.2, -0.15) is 0 Å². The SMILES string of the molecule is CNC(Cc1cc(Cl)ccc1Cl)C1(OC)CCC(C)CC1. The van der Waals surface area contributed by atoms with Gasteiger partial charge in [-0.05, 0) is 68.8 Å². The molecule has 2 nitrogen and oxygen atoms in total. The third-order valence-corrected chi connectivity index (χ3v) is 5.55. The monoisotopic (exact) mass is 329 g/mol. The average molecular weight is 330 g/mol. The fourth-order valence-corrected chi connectivity index (χ4v) is 3.81. The van der Waals surface area contributed by atoms with E-state index >= 15 is 0 Å². The lowest BCUT2D eigenvalue weighted by molar-refractivity contribution is -0.0730. The van der Waals surface area contributed by atoms with Crippen LogP contribution >= 0.6 is 23.2 Å². The Balaban J connectivity index is 2.19. The van der Waals surface area contributed by atoms with Gasteiger partial charge < -0.3 is 10.1 Å². The van der Waals surface area contributed by atoms with Crippen LogP contribution in [0.1, 0.15) is 38.2 Å². The summed E-state index contributed by atoms with van der Waals surface area (Å²) in [5.41, 5.74) is 0.978. The van der Waals surface area contributed by atoms with E-state index in [0.29, 0.717) is 0 Å². The summed E-state index contributed by atoms with van der Waals surface area (Å²) in [5.74, 6) is 0.792. The van der Waals surface area contributed by atoms with Crippen LogP contribution in [-0.2, 0) is 11.2 Å². The van der Waals surface area contributed by atoms with Gasteiger partial charge in [0.05, 0.1) is 5.60 Å². The van der Waals surface area contributed by atoms with Gasteiger partial charge in [0.15, 0.2) is 0 Å². The molecule has 1 aromatic rings. The van der Waals surface area contributed by atoms with E-state index in [9.17, 15) is 0 Å². The lowest BCUT2D eigenvalue weighted by Gasteiger charge is -2.44. The molecular weight excluding hydrogens is 305 g/mol. The zero-order valence-electron chi connectivity index (χ0n) is 13.1. The lowest BCUT2D eigenvalue weighted by Crippen LogP contribution is -2.54. The molecule has 1 unspecified atom stereocenters. The van der Waals surface area contributed by atoms with Crippen LogP contribution in [0.2, 0.25) is 10.0 Å². The van der Waals surface area contributed by atoms with Crippen molar-refractivity contribution < 1.29 is 4.74 Å². The maximum Gasteiger partial charge on any atom is 0.0834 e. The summed E-state index contributed by atoms with van der Waals surface area (Å²) in [6, 6.07) is 5.90. The van der Waals surface area contributed by atoms with E-state index in [4.69, 9.17) is 27.9 Å². The fourth-order valence-electron chi connectivity index (χ4n) is 3.42. The van der Waals surface area contributed by atoms with Crippen LogP contribution in [0.3, 0.4) is 0 Å². The Kier molecular flexibility index (Phi) is 5.96. The van der Waals surface area contributed by atoms with Crippen molar-refractivity contribution >= 4 is 23.2 Å². The van der Waals surface area contributed by atoms with E-state index in [1.807, 2.05) is 32.4 Å². The second-order valence-corrected chi connectivity index (χ2v) is 7.08. The van der Waals surface area contributed by atoms with E-state index in [1.54, 1.807) is 0 Å². The molecule has 1 aromatic carbocycles. The van der Waals surface area contributed by atoms with Gasteiger partial charge in [-0.15, -0.1) is 0 Å². The highest BCUT2D eigenvalue weighted by Gasteiger charge is 2.40. The number of nitrogens with one attached hydrogen (secondary N) is 1. The molecule has 118 valence electrons. The Morgan fingerprint density at radius 3 is 2.57 bits per heavy atom. The minimum Gasteiger partial charge on any atom is -0.377 e. The van der Waals surface area contributed by atoms with Crippen LogP contribution < -0.4 is 5.32 Å². The summed E-state index contributed by atoms with van der Waals surface area (Å²) in [7, 11) is 3.84. The topological polar surface area (TPSA) is 21.3 Å². The molecule has 4 heteroatoms. The van der Waals surface area contributed by atoms with Crippen LogP contribution in [0.5, 0.6) is 0 Å². The van der Waals surface area contributed by atoms with Crippen molar-refractivity contribution in [3.8, 4) is 0 Å². The summed E-state index contributed by atoms with van der Waals surface area (Å²) in [5, 5.41) is 4.95. The van der Waals surface area contributed by atoms with Crippen LogP contribution in [-0.4, -0.2) is 25.8 Å². The molecule has 0 bridgehead atoms. The molecule has 0 aromatic heterocycles. The summed E-state index contributed by atoms with van der Waals surface area (Å²) in [6.45, 7) is 2.32. The van der Waals surface area contributed by atoms with Crippen LogP contribution in [0, 0.1) is 5.92 Å². The third-order valence-electron chi connectivity index (χ3n) is 4.94. The predicted octanol–water partition coefficient (Wildman–Crippen LogP) is 4.72. The van der Waals surface area contributed by atoms with Gasteiger partial charge in [0, 0.05) is 23.2 Å². The zero-order chi connectivity index (χ0) is 15.5. The summed E-state index contributed by atoms with van der Waals surface area (Å²) >= 11 is 12.4. The molecule has 1 N–H and O–H groups in total. The number of hydrogen-bond acceptors (Lipinski definition) is 2. The van der Waals surface area contributed by atoms with Gasteiger partial charge in [-0.1, -0.05) is 30.1 Å². The van der Waals surface area contributed by atoms with Crippen molar-refractivity contribution in [1.29, 1.82) is 0 Å². The first-order chi connectivity index (χ1) is 10.0. The van der Waals surface area contributed by atoms with Crippen LogP contribution in [0.15, 0.2) is 18.2 Å². The molecule has 1 saturated carbocycles. The smallest absolute Gasteiger partial charge is 0.0834 e. The molecule has 0 saturated heterocycles. The van der Waals surface area contributed by atoms with E-state index in [1.165, 1.54) is 12.8 Å². The molecule has 0 spiro atoms. The van der Waals surface area contributed by atoms with Crippen molar-refractivity contribution in [2.45, 2.75) is 50.7 Å².